The molecule has 1 fully saturated rings. The number of imide groups is 2. The van der Waals surface area contributed by atoms with Gasteiger partial charge in [-0.15, -0.1) is 0 Å². The molecule has 1 N–H and O–H groups in total. The SMILES string of the molecule is Cc1cc(C)cc(N2C(=O)NC(=O)C(=Cc3ccc(-c4ccc(I)cc4)o3)C2=O)c1. The fourth-order valence-corrected chi connectivity index (χ4v) is 3.67. The predicted molar refractivity (Wildman–Crippen MR) is 122 cm³/mol. The van der Waals surface area contributed by atoms with Gasteiger partial charge in [-0.1, -0.05) is 18.2 Å². The summed E-state index contributed by atoms with van der Waals surface area (Å²) in [5, 5.41) is 2.23. The van der Waals surface area contributed by atoms with E-state index < -0.39 is 17.8 Å². The van der Waals surface area contributed by atoms with Gasteiger partial charge in [0.25, 0.3) is 11.8 Å². The standard InChI is InChI=1S/C23H17IN2O4/c1-13-9-14(2)11-17(10-13)26-22(28)19(21(27)25-23(26)29)12-18-7-8-20(30-18)15-3-5-16(24)6-4-15/h3-12H,1-2H3,(H,25,27,29). The Labute approximate surface area is 186 Å². The largest absolute Gasteiger partial charge is 0.457 e. The van der Waals surface area contributed by atoms with Gasteiger partial charge >= 0.3 is 6.03 Å². The van der Waals surface area contributed by atoms with Crippen molar-refractivity contribution in [1.29, 1.82) is 0 Å². The highest BCUT2D eigenvalue weighted by atomic mass is 127. The zero-order valence-electron chi connectivity index (χ0n) is 16.2. The van der Waals surface area contributed by atoms with E-state index in [0.717, 1.165) is 25.2 Å². The molecule has 0 saturated carbocycles. The summed E-state index contributed by atoms with van der Waals surface area (Å²) < 4.78 is 6.90. The molecule has 2 aromatic carbocycles. The number of anilines is 1. The van der Waals surface area contributed by atoms with Crippen LogP contribution in [0.15, 0.2) is 64.6 Å². The number of halogens is 1. The molecular weight excluding hydrogens is 495 g/mol. The number of benzene rings is 2. The van der Waals surface area contributed by atoms with Crippen LogP contribution in [0.2, 0.25) is 0 Å². The van der Waals surface area contributed by atoms with E-state index in [1.165, 1.54) is 6.08 Å². The van der Waals surface area contributed by atoms with E-state index in [9.17, 15) is 14.4 Å². The second kappa shape index (κ2) is 7.91. The fraction of sp³-hybridized carbons (Fsp3) is 0.0870. The summed E-state index contributed by atoms with van der Waals surface area (Å²) in [5.74, 6) is -0.486. The fourth-order valence-electron chi connectivity index (χ4n) is 3.31. The zero-order valence-corrected chi connectivity index (χ0v) is 18.4. The third-order valence-corrected chi connectivity index (χ3v) is 5.33. The molecule has 0 aliphatic carbocycles. The monoisotopic (exact) mass is 512 g/mol. The summed E-state index contributed by atoms with van der Waals surface area (Å²) in [4.78, 5) is 38.7. The molecular formula is C23H17IN2O4. The van der Waals surface area contributed by atoms with Crippen LogP contribution in [-0.4, -0.2) is 17.8 Å². The molecule has 3 aromatic rings. The van der Waals surface area contributed by atoms with Gasteiger partial charge in [0, 0.05) is 9.13 Å². The average molecular weight is 512 g/mol. The number of amides is 4. The molecule has 30 heavy (non-hydrogen) atoms. The number of nitrogens with one attached hydrogen (secondary N) is 1. The number of aryl methyl sites for hydroxylation is 2. The van der Waals surface area contributed by atoms with Gasteiger partial charge in [0.1, 0.15) is 17.1 Å². The van der Waals surface area contributed by atoms with E-state index in [2.05, 4.69) is 27.9 Å². The molecule has 1 aliphatic rings. The Kier molecular flexibility index (Phi) is 5.29. The summed E-state index contributed by atoms with van der Waals surface area (Å²) in [6.45, 7) is 3.75. The van der Waals surface area contributed by atoms with Crippen molar-refractivity contribution in [1.82, 2.24) is 5.32 Å². The zero-order chi connectivity index (χ0) is 21.4. The summed E-state index contributed by atoms with van der Waals surface area (Å²) in [7, 11) is 0. The van der Waals surface area contributed by atoms with Gasteiger partial charge in [-0.3, -0.25) is 14.9 Å². The Hall–Kier alpha value is -3.20. The molecule has 6 nitrogen and oxygen atoms in total. The Morgan fingerprint density at radius 2 is 1.60 bits per heavy atom. The number of urea groups is 1. The maximum absolute atomic E-state index is 13.0. The minimum atomic E-state index is -0.772. The van der Waals surface area contributed by atoms with Gasteiger partial charge in [0.15, 0.2) is 0 Å². The number of furan rings is 1. The maximum Gasteiger partial charge on any atom is 0.335 e. The smallest absolute Gasteiger partial charge is 0.335 e. The van der Waals surface area contributed by atoms with Crippen LogP contribution >= 0.6 is 22.6 Å². The number of carbonyl (C=O) groups excluding carboxylic acids is 3. The second-order valence-corrected chi connectivity index (χ2v) is 8.26. The molecule has 150 valence electrons. The normalized spacial score (nSPS) is 15.6. The van der Waals surface area contributed by atoms with Gasteiger partial charge in [0.05, 0.1) is 5.69 Å². The summed E-state index contributed by atoms with van der Waals surface area (Å²) in [6, 6.07) is 15.8. The Morgan fingerprint density at radius 3 is 2.27 bits per heavy atom. The summed E-state index contributed by atoms with van der Waals surface area (Å²) >= 11 is 2.22. The quantitative estimate of drug-likeness (QED) is 0.310. The minimum absolute atomic E-state index is 0.169. The van der Waals surface area contributed by atoms with Crippen LogP contribution in [0.3, 0.4) is 0 Å². The first-order chi connectivity index (χ1) is 14.3. The molecule has 1 aliphatic heterocycles. The summed E-state index contributed by atoms with van der Waals surface area (Å²) in [5.41, 5.74) is 2.93. The lowest BCUT2D eigenvalue weighted by Crippen LogP contribution is -2.54. The van der Waals surface area contributed by atoms with Crippen LogP contribution in [0, 0.1) is 17.4 Å². The second-order valence-electron chi connectivity index (χ2n) is 7.01. The lowest BCUT2D eigenvalue weighted by Gasteiger charge is -2.26. The maximum atomic E-state index is 13.0. The lowest BCUT2D eigenvalue weighted by atomic mass is 10.1. The molecule has 0 unspecified atom stereocenters. The van der Waals surface area contributed by atoms with Gasteiger partial charge in [0.2, 0.25) is 0 Å². The first-order valence-corrected chi connectivity index (χ1v) is 10.3. The van der Waals surface area contributed by atoms with E-state index in [1.807, 2.05) is 44.2 Å². The minimum Gasteiger partial charge on any atom is -0.457 e. The van der Waals surface area contributed by atoms with E-state index in [0.29, 0.717) is 17.2 Å². The number of hydrogen-bond donors (Lipinski definition) is 1. The van der Waals surface area contributed by atoms with Crippen LogP contribution in [0.1, 0.15) is 16.9 Å². The van der Waals surface area contributed by atoms with Gasteiger partial charge in [-0.05, 0) is 90.0 Å². The molecule has 1 saturated heterocycles. The Bertz CT molecular complexity index is 1190. The van der Waals surface area contributed by atoms with E-state index in [1.54, 1.807) is 24.3 Å². The number of rotatable bonds is 3. The number of carbonyl (C=O) groups is 3. The molecule has 0 atom stereocenters. The van der Waals surface area contributed by atoms with Crippen molar-refractivity contribution < 1.29 is 18.8 Å². The molecule has 0 radical (unpaired) electrons. The molecule has 4 rings (SSSR count). The van der Waals surface area contributed by atoms with Crippen LogP contribution in [0.4, 0.5) is 10.5 Å². The van der Waals surface area contributed by atoms with Crippen molar-refractivity contribution in [2.24, 2.45) is 0 Å². The van der Waals surface area contributed by atoms with E-state index in [4.69, 9.17) is 4.42 Å². The third-order valence-electron chi connectivity index (χ3n) is 4.61. The van der Waals surface area contributed by atoms with Crippen molar-refractivity contribution in [2.45, 2.75) is 13.8 Å². The van der Waals surface area contributed by atoms with Crippen molar-refractivity contribution in [3.63, 3.8) is 0 Å². The van der Waals surface area contributed by atoms with Crippen molar-refractivity contribution >= 4 is 52.2 Å². The average Bonchev–Trinajstić information content (AvgIpc) is 3.13. The Morgan fingerprint density at radius 1 is 0.933 bits per heavy atom. The van der Waals surface area contributed by atoms with Crippen molar-refractivity contribution in [3.05, 3.63) is 80.6 Å². The number of nitrogens with zero attached hydrogens (tertiary/aromatic N) is 1. The first-order valence-electron chi connectivity index (χ1n) is 9.17. The number of hydrogen-bond acceptors (Lipinski definition) is 4. The van der Waals surface area contributed by atoms with Gasteiger partial charge in [-0.2, -0.15) is 0 Å². The van der Waals surface area contributed by atoms with Crippen molar-refractivity contribution in [2.75, 3.05) is 4.90 Å². The number of barbiturate groups is 1. The summed E-state index contributed by atoms with van der Waals surface area (Å²) in [6.07, 6.45) is 1.36. The van der Waals surface area contributed by atoms with Gasteiger partial charge < -0.3 is 4.42 Å². The Balaban J connectivity index is 1.68. The highest BCUT2D eigenvalue weighted by Crippen LogP contribution is 2.27. The predicted octanol–water partition coefficient (Wildman–Crippen LogP) is 4.83. The molecule has 0 bridgehead atoms. The van der Waals surface area contributed by atoms with Crippen LogP contribution in [0.5, 0.6) is 0 Å². The van der Waals surface area contributed by atoms with E-state index in [-0.39, 0.29) is 5.57 Å². The first kappa shape index (κ1) is 20.1. The van der Waals surface area contributed by atoms with Crippen LogP contribution in [-0.2, 0) is 9.59 Å². The van der Waals surface area contributed by atoms with Crippen LogP contribution < -0.4 is 10.2 Å². The molecule has 7 heteroatoms. The van der Waals surface area contributed by atoms with E-state index >= 15 is 0 Å². The van der Waals surface area contributed by atoms with Crippen LogP contribution in [0.25, 0.3) is 17.4 Å². The highest BCUT2D eigenvalue weighted by Gasteiger charge is 2.37. The molecule has 0 spiro atoms. The lowest BCUT2D eigenvalue weighted by molar-refractivity contribution is -0.122. The molecule has 2 heterocycles. The third kappa shape index (κ3) is 3.93. The molecule has 1 aromatic heterocycles. The highest BCUT2D eigenvalue weighted by molar-refractivity contribution is 14.1. The van der Waals surface area contributed by atoms with Crippen molar-refractivity contribution in [3.8, 4) is 11.3 Å². The molecule has 4 amide bonds. The van der Waals surface area contributed by atoms with Gasteiger partial charge in [-0.25, -0.2) is 9.69 Å². The topological polar surface area (TPSA) is 79.6 Å².